The number of rotatable bonds is 6. The molecule has 1 aliphatic heterocycles. The van der Waals surface area contributed by atoms with E-state index in [2.05, 4.69) is 20.3 Å². The summed E-state index contributed by atoms with van der Waals surface area (Å²) in [6.45, 7) is 1.96. The number of sulfonamides is 1. The second-order valence-electron chi connectivity index (χ2n) is 5.78. The van der Waals surface area contributed by atoms with Crippen molar-refractivity contribution in [2.45, 2.75) is 17.9 Å². The van der Waals surface area contributed by atoms with E-state index >= 15 is 0 Å². The molecule has 2 heterocycles. The summed E-state index contributed by atoms with van der Waals surface area (Å²) in [5.41, 5.74) is 0.433. The predicted molar refractivity (Wildman–Crippen MR) is 96.8 cm³/mol. The molecule has 1 aliphatic rings. The van der Waals surface area contributed by atoms with Gasteiger partial charge in [-0.3, -0.25) is 19.3 Å². The Bertz CT molecular complexity index is 983. The number of benzene rings is 1. The van der Waals surface area contributed by atoms with Crippen LogP contribution in [0.2, 0.25) is 0 Å². The average Bonchev–Trinajstić information content (AvgIpc) is 3.26. The number of hydrogen-bond acceptors (Lipinski definition) is 6. The van der Waals surface area contributed by atoms with Gasteiger partial charge in [-0.1, -0.05) is 12.1 Å². The average molecular weight is 390 g/mol. The van der Waals surface area contributed by atoms with Crippen molar-refractivity contribution in [2.24, 2.45) is 4.99 Å². The van der Waals surface area contributed by atoms with Crippen LogP contribution in [0.1, 0.15) is 23.0 Å². The van der Waals surface area contributed by atoms with Gasteiger partial charge in [-0.05, 0) is 31.2 Å². The molecule has 27 heavy (non-hydrogen) atoms. The first-order valence-electron chi connectivity index (χ1n) is 8.18. The molecule has 3 rings (SSSR count). The Labute approximate surface area is 155 Å². The molecule has 2 amide bonds. The standard InChI is InChI=1S/C17H18N4O5S/c1-11(16(22)18-8-9-19-17(23)13-6-4-10-26-13)20-15-12-5-2-3-7-14(12)27(24,25)21-15/h2-7,10-11H,8-9H2,1H3,(H,18,22)(H,19,23)(H,20,21)/t11-/m0/s1. The van der Waals surface area contributed by atoms with E-state index in [4.69, 9.17) is 4.42 Å². The fraction of sp³-hybridized carbons (Fsp3) is 0.235. The van der Waals surface area contributed by atoms with E-state index in [1.54, 1.807) is 31.2 Å². The molecule has 0 bridgehead atoms. The smallest absolute Gasteiger partial charge is 0.287 e. The Morgan fingerprint density at radius 2 is 1.89 bits per heavy atom. The molecule has 3 N–H and O–H groups in total. The van der Waals surface area contributed by atoms with Crippen LogP contribution >= 0.6 is 0 Å². The molecule has 142 valence electrons. The minimum Gasteiger partial charge on any atom is -0.459 e. The molecule has 9 nitrogen and oxygen atoms in total. The second-order valence-corrected chi connectivity index (χ2v) is 7.43. The largest absolute Gasteiger partial charge is 0.459 e. The van der Waals surface area contributed by atoms with E-state index in [0.717, 1.165) is 0 Å². The van der Waals surface area contributed by atoms with E-state index in [-0.39, 0.29) is 35.5 Å². The van der Waals surface area contributed by atoms with E-state index in [1.165, 1.54) is 18.4 Å². The topological polar surface area (TPSA) is 130 Å². The number of furan rings is 1. The number of nitrogens with one attached hydrogen (secondary N) is 3. The lowest BCUT2D eigenvalue weighted by Crippen LogP contribution is -2.39. The molecule has 0 spiro atoms. The summed E-state index contributed by atoms with van der Waals surface area (Å²) in [6, 6.07) is 8.75. The molecule has 0 saturated heterocycles. The maximum Gasteiger partial charge on any atom is 0.287 e. The number of amidine groups is 1. The van der Waals surface area contributed by atoms with E-state index in [0.29, 0.717) is 5.56 Å². The SMILES string of the molecule is C[C@H](N=C1NS(=O)(=O)c2ccccc21)C(=O)NCCNC(=O)c1ccco1. The molecule has 0 saturated carbocycles. The molecular weight excluding hydrogens is 372 g/mol. The molecule has 0 fully saturated rings. The number of nitrogens with zero attached hydrogens (tertiary/aromatic N) is 1. The summed E-state index contributed by atoms with van der Waals surface area (Å²) in [4.78, 5) is 28.2. The molecule has 1 aromatic carbocycles. The quantitative estimate of drug-likeness (QED) is 0.609. The Kier molecular flexibility index (Phi) is 5.26. The number of carbonyl (C=O) groups is 2. The molecule has 0 radical (unpaired) electrons. The van der Waals surface area contributed by atoms with Crippen LogP contribution in [0.15, 0.2) is 57.0 Å². The molecule has 2 aromatic rings. The van der Waals surface area contributed by atoms with Gasteiger partial charge in [0.2, 0.25) is 5.91 Å². The minimum atomic E-state index is -3.65. The highest BCUT2D eigenvalue weighted by molar-refractivity contribution is 7.90. The zero-order valence-corrected chi connectivity index (χ0v) is 15.2. The lowest BCUT2D eigenvalue weighted by atomic mass is 10.2. The van der Waals surface area contributed by atoms with Gasteiger partial charge in [0.1, 0.15) is 11.9 Å². The third-order valence-corrected chi connectivity index (χ3v) is 5.22. The number of amides is 2. The molecule has 1 aromatic heterocycles. The summed E-state index contributed by atoms with van der Waals surface area (Å²) in [5.74, 6) is -0.439. The first kappa shape index (κ1) is 18.6. The first-order chi connectivity index (χ1) is 12.9. The maximum atomic E-state index is 12.2. The normalized spacial score (nSPS) is 17.0. The predicted octanol–water partition coefficient (Wildman–Crippen LogP) is 0.253. The van der Waals surface area contributed by atoms with Crippen molar-refractivity contribution in [2.75, 3.05) is 13.1 Å². The summed E-state index contributed by atoms with van der Waals surface area (Å²) in [5, 5.41) is 5.23. The van der Waals surface area contributed by atoms with Crippen molar-refractivity contribution in [1.29, 1.82) is 0 Å². The summed E-state index contributed by atoms with van der Waals surface area (Å²) in [7, 11) is -3.65. The molecule has 0 aliphatic carbocycles. The molecule has 10 heteroatoms. The van der Waals surface area contributed by atoms with Crippen LogP contribution in [0.4, 0.5) is 0 Å². The van der Waals surface area contributed by atoms with Gasteiger partial charge in [0, 0.05) is 18.7 Å². The van der Waals surface area contributed by atoms with Crippen molar-refractivity contribution in [1.82, 2.24) is 15.4 Å². The molecule has 0 unspecified atom stereocenters. The number of fused-ring (bicyclic) bond motifs is 1. The van der Waals surface area contributed by atoms with Crippen molar-refractivity contribution >= 4 is 27.7 Å². The highest BCUT2D eigenvalue weighted by Gasteiger charge is 2.31. The van der Waals surface area contributed by atoms with Crippen molar-refractivity contribution < 1.29 is 22.4 Å². The van der Waals surface area contributed by atoms with E-state index in [9.17, 15) is 18.0 Å². The van der Waals surface area contributed by atoms with Crippen molar-refractivity contribution in [3.63, 3.8) is 0 Å². The van der Waals surface area contributed by atoms with Crippen molar-refractivity contribution in [3.05, 3.63) is 54.0 Å². The minimum absolute atomic E-state index is 0.136. The van der Waals surface area contributed by atoms with E-state index in [1.807, 2.05) is 0 Å². The van der Waals surface area contributed by atoms with Gasteiger partial charge < -0.3 is 15.1 Å². The fourth-order valence-electron chi connectivity index (χ4n) is 2.49. The van der Waals surface area contributed by atoms with E-state index < -0.39 is 22.0 Å². The maximum absolute atomic E-state index is 12.2. The molecular formula is C17H18N4O5S. The monoisotopic (exact) mass is 390 g/mol. The van der Waals surface area contributed by atoms with Gasteiger partial charge in [0.05, 0.1) is 11.2 Å². The van der Waals surface area contributed by atoms with Crippen molar-refractivity contribution in [3.8, 4) is 0 Å². The third-order valence-electron chi connectivity index (χ3n) is 3.82. The highest BCUT2D eigenvalue weighted by Crippen LogP contribution is 2.22. The summed E-state index contributed by atoms with van der Waals surface area (Å²) >= 11 is 0. The van der Waals surface area contributed by atoms with Gasteiger partial charge in [0.25, 0.3) is 15.9 Å². The van der Waals surface area contributed by atoms with Crippen LogP contribution in [-0.4, -0.2) is 45.2 Å². The van der Waals surface area contributed by atoms with Crippen LogP contribution in [0.25, 0.3) is 0 Å². The Balaban J connectivity index is 1.54. The van der Waals surface area contributed by atoms with Crippen LogP contribution in [0, 0.1) is 0 Å². The Morgan fingerprint density at radius 3 is 2.63 bits per heavy atom. The van der Waals surface area contributed by atoms with Gasteiger partial charge in [0.15, 0.2) is 5.76 Å². The lowest BCUT2D eigenvalue weighted by Gasteiger charge is -2.10. The number of hydrogen-bond donors (Lipinski definition) is 3. The fourth-order valence-corrected chi connectivity index (χ4v) is 3.73. The highest BCUT2D eigenvalue weighted by atomic mass is 32.2. The summed E-state index contributed by atoms with van der Waals surface area (Å²) < 4.78 is 31.4. The van der Waals surface area contributed by atoms with Crippen LogP contribution in [0.3, 0.4) is 0 Å². The van der Waals surface area contributed by atoms with Gasteiger partial charge in [-0.15, -0.1) is 0 Å². The van der Waals surface area contributed by atoms with Crippen LogP contribution < -0.4 is 15.4 Å². The van der Waals surface area contributed by atoms with Gasteiger partial charge in [-0.2, -0.15) is 0 Å². The number of carbonyl (C=O) groups excluding carboxylic acids is 2. The van der Waals surface area contributed by atoms with Gasteiger partial charge in [-0.25, -0.2) is 8.42 Å². The lowest BCUT2D eigenvalue weighted by molar-refractivity contribution is -0.121. The number of aliphatic imine (C=N–C) groups is 1. The molecule has 1 atom stereocenters. The first-order valence-corrected chi connectivity index (χ1v) is 9.66. The Hall–Kier alpha value is -3.14. The second kappa shape index (κ2) is 7.62. The van der Waals surface area contributed by atoms with Gasteiger partial charge >= 0.3 is 0 Å². The zero-order valence-electron chi connectivity index (χ0n) is 14.4. The zero-order chi connectivity index (χ0) is 19.4. The third kappa shape index (κ3) is 4.17. The van der Waals surface area contributed by atoms with Crippen LogP contribution in [-0.2, 0) is 14.8 Å². The van der Waals surface area contributed by atoms with Crippen LogP contribution in [0.5, 0.6) is 0 Å². The Morgan fingerprint density at radius 1 is 1.15 bits per heavy atom. The summed E-state index contributed by atoms with van der Waals surface area (Å²) in [6.07, 6.45) is 1.40.